The maximum atomic E-state index is 12.3. The largest absolute Gasteiger partial charge is 0.508 e. The third kappa shape index (κ3) is 4.31. The van der Waals surface area contributed by atoms with Crippen molar-refractivity contribution in [2.75, 3.05) is 5.75 Å². The molecule has 0 saturated heterocycles. The van der Waals surface area contributed by atoms with E-state index in [0.717, 1.165) is 12.1 Å². The number of nitrogens with one attached hydrogen (secondary N) is 1. The fraction of sp³-hybridized carbons (Fsp3) is 0.529. The van der Waals surface area contributed by atoms with E-state index in [-0.39, 0.29) is 23.5 Å². The van der Waals surface area contributed by atoms with Gasteiger partial charge in [-0.25, -0.2) is 0 Å². The van der Waals surface area contributed by atoms with Crippen molar-refractivity contribution in [3.05, 3.63) is 24.3 Å². The molecule has 8 heteroatoms. The number of aromatic hydroxyl groups is 1. The second kappa shape index (κ2) is 7.86. The summed E-state index contributed by atoms with van der Waals surface area (Å²) < 4.78 is 1.56. The van der Waals surface area contributed by atoms with Crippen molar-refractivity contribution in [2.45, 2.75) is 44.3 Å². The van der Waals surface area contributed by atoms with Crippen LogP contribution in [0.5, 0.6) is 5.75 Å². The molecule has 1 amide bonds. The van der Waals surface area contributed by atoms with Crippen LogP contribution in [0.2, 0.25) is 0 Å². The number of amides is 1. The second-order valence-electron chi connectivity index (χ2n) is 6.62. The Labute approximate surface area is 151 Å². The van der Waals surface area contributed by atoms with Crippen LogP contribution in [0.15, 0.2) is 29.4 Å². The normalized spacial score (nSPS) is 23.4. The fourth-order valence-electron chi connectivity index (χ4n) is 3.19. The SMILES string of the molecule is C[C@H]1[C@H](C)CCC[C@@H]1NC(=O)CSc1nnnn1-c1ccc(O)cc1. The molecule has 3 rings (SSSR count). The van der Waals surface area contributed by atoms with E-state index in [1.807, 2.05) is 0 Å². The summed E-state index contributed by atoms with van der Waals surface area (Å²) in [6.45, 7) is 4.47. The molecule has 7 nitrogen and oxygen atoms in total. The molecule has 0 bridgehead atoms. The van der Waals surface area contributed by atoms with Crippen molar-refractivity contribution in [2.24, 2.45) is 11.8 Å². The van der Waals surface area contributed by atoms with Crippen LogP contribution in [0.3, 0.4) is 0 Å². The average Bonchev–Trinajstić information content (AvgIpc) is 3.06. The molecular weight excluding hydrogens is 338 g/mol. The summed E-state index contributed by atoms with van der Waals surface area (Å²) in [5.41, 5.74) is 0.737. The zero-order valence-electron chi connectivity index (χ0n) is 14.4. The molecule has 1 aliphatic carbocycles. The van der Waals surface area contributed by atoms with Gasteiger partial charge in [0.05, 0.1) is 11.4 Å². The Morgan fingerprint density at radius 2 is 2.08 bits per heavy atom. The topological polar surface area (TPSA) is 92.9 Å². The highest BCUT2D eigenvalue weighted by molar-refractivity contribution is 7.99. The number of hydrogen-bond donors (Lipinski definition) is 2. The molecule has 1 fully saturated rings. The molecule has 0 radical (unpaired) electrons. The molecule has 1 aromatic carbocycles. The van der Waals surface area contributed by atoms with Gasteiger partial charge in [0.1, 0.15) is 5.75 Å². The quantitative estimate of drug-likeness (QED) is 0.795. The Kier molecular flexibility index (Phi) is 5.57. The van der Waals surface area contributed by atoms with Gasteiger partial charge in [0, 0.05) is 6.04 Å². The predicted octanol–water partition coefficient (Wildman–Crippen LogP) is 2.40. The van der Waals surface area contributed by atoms with Crippen molar-refractivity contribution in [1.82, 2.24) is 25.5 Å². The van der Waals surface area contributed by atoms with Crippen molar-refractivity contribution < 1.29 is 9.90 Å². The first-order chi connectivity index (χ1) is 12.0. The van der Waals surface area contributed by atoms with Crippen molar-refractivity contribution in [3.8, 4) is 11.4 Å². The summed E-state index contributed by atoms with van der Waals surface area (Å²) in [6, 6.07) is 6.85. The van der Waals surface area contributed by atoms with Gasteiger partial charge in [-0.1, -0.05) is 38.5 Å². The number of rotatable bonds is 5. The highest BCUT2D eigenvalue weighted by Crippen LogP contribution is 2.29. The van der Waals surface area contributed by atoms with Gasteiger partial charge in [-0.3, -0.25) is 4.79 Å². The van der Waals surface area contributed by atoms with Gasteiger partial charge in [-0.15, -0.1) is 5.10 Å². The minimum absolute atomic E-state index is 0.0104. The summed E-state index contributed by atoms with van der Waals surface area (Å²) in [6.07, 6.45) is 3.46. The summed E-state index contributed by atoms with van der Waals surface area (Å²) in [7, 11) is 0. The highest BCUT2D eigenvalue weighted by atomic mass is 32.2. The first-order valence-electron chi connectivity index (χ1n) is 8.54. The first kappa shape index (κ1) is 17.7. The summed E-state index contributed by atoms with van der Waals surface area (Å²) in [5.74, 6) is 1.62. The molecule has 2 N–H and O–H groups in total. The molecule has 3 atom stereocenters. The van der Waals surface area contributed by atoms with Gasteiger partial charge in [0.2, 0.25) is 11.1 Å². The van der Waals surface area contributed by atoms with Gasteiger partial charge in [0.25, 0.3) is 0 Å². The number of hydrogen-bond acceptors (Lipinski definition) is 6. The van der Waals surface area contributed by atoms with Crippen LogP contribution in [-0.4, -0.2) is 43.0 Å². The van der Waals surface area contributed by atoms with Crippen molar-refractivity contribution >= 4 is 17.7 Å². The minimum atomic E-state index is 0.0104. The number of carbonyl (C=O) groups is 1. The molecule has 0 aliphatic heterocycles. The lowest BCUT2D eigenvalue weighted by Gasteiger charge is -2.34. The number of nitrogens with zero attached hydrogens (tertiary/aromatic N) is 4. The van der Waals surface area contributed by atoms with Crippen LogP contribution in [0.25, 0.3) is 5.69 Å². The number of phenolic OH excluding ortho intramolecular Hbond substituents is 1. The smallest absolute Gasteiger partial charge is 0.230 e. The van der Waals surface area contributed by atoms with E-state index in [0.29, 0.717) is 17.0 Å². The molecule has 1 aliphatic rings. The standard InChI is InChI=1S/C17H23N5O2S/c1-11-4-3-5-15(12(11)2)18-16(24)10-25-17-19-20-21-22(17)13-6-8-14(23)9-7-13/h6-9,11-12,15,23H,3-5,10H2,1-2H3,(H,18,24)/t11-,12+,15+/m1/s1. The molecule has 2 aromatic rings. The van der Waals surface area contributed by atoms with Crippen molar-refractivity contribution in [3.63, 3.8) is 0 Å². The minimum Gasteiger partial charge on any atom is -0.508 e. The van der Waals surface area contributed by atoms with E-state index in [1.54, 1.807) is 28.9 Å². The summed E-state index contributed by atoms with van der Waals surface area (Å²) >= 11 is 1.30. The molecule has 0 unspecified atom stereocenters. The second-order valence-corrected chi connectivity index (χ2v) is 7.56. The summed E-state index contributed by atoms with van der Waals surface area (Å²) in [5, 5.41) is 24.7. The van der Waals surface area contributed by atoms with E-state index < -0.39 is 0 Å². The monoisotopic (exact) mass is 361 g/mol. The molecule has 1 saturated carbocycles. The first-order valence-corrected chi connectivity index (χ1v) is 9.53. The Hall–Kier alpha value is -2.09. The molecule has 1 heterocycles. The van der Waals surface area contributed by atoms with Gasteiger partial charge < -0.3 is 10.4 Å². The lowest BCUT2D eigenvalue weighted by molar-refractivity contribution is -0.120. The number of phenols is 1. The Bertz CT molecular complexity index is 718. The van der Waals surface area contributed by atoms with E-state index in [1.165, 1.54) is 24.6 Å². The number of thioether (sulfide) groups is 1. The highest BCUT2D eigenvalue weighted by Gasteiger charge is 2.28. The third-order valence-corrected chi connectivity index (χ3v) is 5.84. The van der Waals surface area contributed by atoms with Crippen LogP contribution >= 0.6 is 11.8 Å². The number of carbonyl (C=O) groups excluding carboxylic acids is 1. The number of tetrazole rings is 1. The molecular formula is C17H23N5O2S. The van der Waals surface area contributed by atoms with E-state index in [2.05, 4.69) is 34.7 Å². The van der Waals surface area contributed by atoms with Crippen LogP contribution in [-0.2, 0) is 4.79 Å². The zero-order valence-corrected chi connectivity index (χ0v) is 15.2. The maximum absolute atomic E-state index is 12.3. The Balaban J connectivity index is 1.58. The van der Waals surface area contributed by atoms with Gasteiger partial charge in [0.15, 0.2) is 0 Å². The van der Waals surface area contributed by atoms with Gasteiger partial charge in [-0.2, -0.15) is 4.68 Å². The molecule has 134 valence electrons. The predicted molar refractivity (Wildman–Crippen MR) is 95.7 cm³/mol. The third-order valence-electron chi connectivity index (χ3n) is 4.92. The number of benzene rings is 1. The molecule has 25 heavy (non-hydrogen) atoms. The van der Waals surface area contributed by atoms with E-state index in [9.17, 15) is 9.90 Å². The maximum Gasteiger partial charge on any atom is 0.230 e. The van der Waals surface area contributed by atoms with Crippen LogP contribution in [0.4, 0.5) is 0 Å². The van der Waals surface area contributed by atoms with Gasteiger partial charge >= 0.3 is 0 Å². The lowest BCUT2D eigenvalue weighted by Crippen LogP contribution is -2.44. The Morgan fingerprint density at radius 1 is 1.32 bits per heavy atom. The zero-order chi connectivity index (χ0) is 17.8. The van der Waals surface area contributed by atoms with E-state index in [4.69, 9.17) is 0 Å². The average molecular weight is 361 g/mol. The molecule has 0 spiro atoms. The lowest BCUT2D eigenvalue weighted by atomic mass is 9.78. The number of aromatic nitrogens is 4. The van der Waals surface area contributed by atoms with Crippen LogP contribution < -0.4 is 5.32 Å². The Morgan fingerprint density at radius 3 is 2.84 bits per heavy atom. The molecule has 1 aromatic heterocycles. The fourth-order valence-corrected chi connectivity index (χ4v) is 3.89. The van der Waals surface area contributed by atoms with Crippen LogP contribution in [0.1, 0.15) is 33.1 Å². The van der Waals surface area contributed by atoms with Crippen LogP contribution in [0, 0.1) is 11.8 Å². The van der Waals surface area contributed by atoms with E-state index >= 15 is 0 Å². The summed E-state index contributed by atoms with van der Waals surface area (Å²) in [4.78, 5) is 12.3. The van der Waals surface area contributed by atoms with Crippen molar-refractivity contribution in [1.29, 1.82) is 0 Å². The van der Waals surface area contributed by atoms with Gasteiger partial charge in [-0.05, 0) is 52.9 Å².